The van der Waals surface area contributed by atoms with Gasteiger partial charge in [0.15, 0.2) is 0 Å². The molecule has 170 valence electrons. The lowest BCUT2D eigenvalue weighted by Crippen LogP contribution is -2.43. The Bertz CT molecular complexity index is 988. The Hall–Kier alpha value is -3.19. The lowest BCUT2D eigenvalue weighted by atomic mass is 9.75. The van der Waals surface area contributed by atoms with Crippen LogP contribution in [0.3, 0.4) is 0 Å². The fourth-order valence-electron chi connectivity index (χ4n) is 4.14. The molecule has 32 heavy (non-hydrogen) atoms. The minimum Gasteiger partial charge on any atom is -0.496 e. The molecule has 1 saturated heterocycles. The summed E-state index contributed by atoms with van der Waals surface area (Å²) in [5.74, 6) is -0.435. The molecule has 0 aliphatic carbocycles. The number of hydrogen-bond acceptors (Lipinski definition) is 5. The third-order valence-electron chi connectivity index (χ3n) is 5.97. The number of aryl methyl sites for hydroxylation is 1. The maximum absolute atomic E-state index is 13.6. The summed E-state index contributed by atoms with van der Waals surface area (Å²) in [7, 11) is 4.74. The minimum atomic E-state index is -1.31. The summed E-state index contributed by atoms with van der Waals surface area (Å²) in [6.45, 7) is 2.81. The van der Waals surface area contributed by atoms with Crippen molar-refractivity contribution in [1.29, 1.82) is 0 Å². The van der Waals surface area contributed by atoms with Crippen LogP contribution in [0.2, 0.25) is 0 Å². The highest BCUT2D eigenvalue weighted by Gasteiger charge is 2.55. The number of carbonyl (C=O) groups excluding carboxylic acids is 3. The van der Waals surface area contributed by atoms with E-state index in [1.165, 1.54) is 19.1 Å². The van der Waals surface area contributed by atoms with Gasteiger partial charge in [0.1, 0.15) is 5.75 Å². The summed E-state index contributed by atoms with van der Waals surface area (Å²) in [5, 5.41) is 0. The number of hydrogen-bond donors (Lipinski definition) is 0. The van der Waals surface area contributed by atoms with Gasteiger partial charge in [-0.25, -0.2) is 0 Å². The maximum atomic E-state index is 13.6. The number of amides is 3. The summed E-state index contributed by atoms with van der Waals surface area (Å²) in [4.78, 5) is 42.5. The molecule has 1 fully saturated rings. The van der Waals surface area contributed by atoms with E-state index in [0.717, 1.165) is 11.1 Å². The molecule has 0 bridgehead atoms. The van der Waals surface area contributed by atoms with E-state index < -0.39 is 5.41 Å². The molecular formula is C25H30N2O5. The van der Waals surface area contributed by atoms with E-state index >= 15 is 0 Å². The molecule has 0 radical (unpaired) electrons. The number of rotatable bonds is 9. The van der Waals surface area contributed by atoms with E-state index in [1.54, 1.807) is 36.2 Å². The normalized spacial score (nSPS) is 18.2. The lowest BCUT2D eigenvalue weighted by molar-refractivity contribution is -0.143. The van der Waals surface area contributed by atoms with Crippen LogP contribution in [-0.2, 0) is 31.1 Å². The van der Waals surface area contributed by atoms with Gasteiger partial charge in [0, 0.05) is 39.1 Å². The van der Waals surface area contributed by atoms with E-state index in [-0.39, 0.29) is 43.7 Å². The molecule has 3 amide bonds. The topological polar surface area (TPSA) is 76.2 Å². The molecule has 3 rings (SSSR count). The molecule has 1 aliphatic heterocycles. The average molecular weight is 439 g/mol. The van der Waals surface area contributed by atoms with Crippen molar-refractivity contribution in [3.8, 4) is 5.75 Å². The van der Waals surface area contributed by atoms with Crippen molar-refractivity contribution in [3.63, 3.8) is 0 Å². The molecule has 0 spiro atoms. The number of likely N-dealkylation sites (tertiary alicyclic amines) is 1. The van der Waals surface area contributed by atoms with Crippen LogP contribution in [0.1, 0.15) is 29.5 Å². The first kappa shape index (κ1) is 23.5. The van der Waals surface area contributed by atoms with Crippen molar-refractivity contribution in [3.05, 3.63) is 65.2 Å². The van der Waals surface area contributed by atoms with E-state index in [2.05, 4.69) is 0 Å². The fourth-order valence-corrected chi connectivity index (χ4v) is 4.14. The second kappa shape index (κ2) is 9.96. The van der Waals surface area contributed by atoms with E-state index in [9.17, 15) is 14.4 Å². The SMILES string of the molecule is COCCN1C(=O)CC(CC(=O)N(C)Cc2ccc(C)cc2)(c2ccccc2OC)C1=O. The predicted octanol–water partition coefficient (Wildman–Crippen LogP) is 2.70. The highest BCUT2D eigenvalue weighted by atomic mass is 16.5. The summed E-state index contributed by atoms with van der Waals surface area (Å²) < 4.78 is 10.6. The fraction of sp³-hybridized carbons (Fsp3) is 0.400. The smallest absolute Gasteiger partial charge is 0.241 e. The highest BCUT2D eigenvalue weighted by molar-refractivity contribution is 6.11. The Kier molecular flexibility index (Phi) is 7.30. The van der Waals surface area contributed by atoms with Crippen LogP contribution in [-0.4, -0.2) is 61.9 Å². The predicted molar refractivity (Wildman–Crippen MR) is 120 cm³/mol. The van der Waals surface area contributed by atoms with Crippen molar-refractivity contribution in [1.82, 2.24) is 9.80 Å². The van der Waals surface area contributed by atoms with Crippen molar-refractivity contribution in [2.75, 3.05) is 34.4 Å². The van der Waals surface area contributed by atoms with Gasteiger partial charge in [-0.1, -0.05) is 48.0 Å². The van der Waals surface area contributed by atoms with Crippen molar-refractivity contribution in [2.24, 2.45) is 0 Å². The zero-order valence-corrected chi connectivity index (χ0v) is 19.1. The quantitative estimate of drug-likeness (QED) is 0.563. The van der Waals surface area contributed by atoms with Gasteiger partial charge in [-0.3, -0.25) is 19.3 Å². The molecule has 7 nitrogen and oxygen atoms in total. The first-order valence-electron chi connectivity index (χ1n) is 10.6. The average Bonchev–Trinajstić information content (AvgIpc) is 3.03. The Morgan fingerprint density at radius 3 is 2.44 bits per heavy atom. The van der Waals surface area contributed by atoms with Crippen LogP contribution < -0.4 is 4.74 Å². The van der Waals surface area contributed by atoms with Gasteiger partial charge in [-0.2, -0.15) is 0 Å². The van der Waals surface area contributed by atoms with Gasteiger partial charge in [0.2, 0.25) is 17.7 Å². The lowest BCUT2D eigenvalue weighted by Gasteiger charge is -2.30. The Morgan fingerprint density at radius 1 is 1.09 bits per heavy atom. The highest BCUT2D eigenvalue weighted by Crippen LogP contribution is 2.44. The molecule has 2 aromatic carbocycles. The zero-order valence-electron chi connectivity index (χ0n) is 19.1. The van der Waals surface area contributed by atoms with Crippen molar-refractivity contribution >= 4 is 17.7 Å². The Balaban J connectivity index is 1.93. The summed E-state index contributed by atoms with van der Waals surface area (Å²) >= 11 is 0. The molecule has 1 aliphatic rings. The van der Waals surface area contributed by atoms with Crippen molar-refractivity contribution < 1.29 is 23.9 Å². The molecule has 0 saturated carbocycles. The maximum Gasteiger partial charge on any atom is 0.241 e. The largest absolute Gasteiger partial charge is 0.496 e. The minimum absolute atomic E-state index is 0.0833. The second-order valence-corrected chi connectivity index (χ2v) is 8.21. The van der Waals surface area contributed by atoms with Gasteiger partial charge in [0.05, 0.1) is 25.7 Å². The molecule has 2 aromatic rings. The second-order valence-electron chi connectivity index (χ2n) is 8.21. The van der Waals surface area contributed by atoms with Crippen LogP contribution in [0, 0.1) is 6.92 Å². The standard InChI is InChI=1S/C25H30N2O5/c1-18-9-11-19(12-10-18)17-26(2)22(28)15-25(20-7-5-6-8-21(20)32-4)16-23(29)27(24(25)30)13-14-31-3/h5-12H,13-17H2,1-4H3. The molecular weight excluding hydrogens is 408 g/mol. The third kappa shape index (κ3) is 4.67. The van der Waals surface area contributed by atoms with E-state index in [1.807, 2.05) is 31.2 Å². The van der Waals surface area contributed by atoms with Crippen LogP contribution in [0.4, 0.5) is 0 Å². The van der Waals surface area contributed by atoms with E-state index in [4.69, 9.17) is 9.47 Å². The zero-order chi connectivity index (χ0) is 23.3. The number of imide groups is 1. The third-order valence-corrected chi connectivity index (χ3v) is 5.97. The van der Waals surface area contributed by atoms with Crippen molar-refractivity contribution in [2.45, 2.75) is 31.7 Å². The van der Waals surface area contributed by atoms with Crippen LogP contribution in [0.15, 0.2) is 48.5 Å². The summed E-state index contributed by atoms with van der Waals surface area (Å²) in [6.07, 6.45) is -0.205. The van der Waals surface area contributed by atoms with Gasteiger partial charge >= 0.3 is 0 Å². The van der Waals surface area contributed by atoms with Crippen LogP contribution >= 0.6 is 0 Å². The van der Waals surface area contributed by atoms with E-state index in [0.29, 0.717) is 17.9 Å². The van der Waals surface area contributed by atoms with Gasteiger partial charge in [-0.15, -0.1) is 0 Å². The molecule has 1 heterocycles. The number of carbonyl (C=O) groups is 3. The van der Waals surface area contributed by atoms with Crippen LogP contribution in [0.25, 0.3) is 0 Å². The number of methoxy groups -OCH3 is 2. The number of benzene rings is 2. The van der Waals surface area contributed by atoms with Crippen LogP contribution in [0.5, 0.6) is 5.75 Å². The molecule has 1 atom stereocenters. The number of ether oxygens (including phenoxy) is 2. The Morgan fingerprint density at radius 2 is 1.78 bits per heavy atom. The molecule has 1 unspecified atom stereocenters. The van der Waals surface area contributed by atoms with Gasteiger partial charge in [0.25, 0.3) is 0 Å². The molecule has 7 heteroatoms. The monoisotopic (exact) mass is 438 g/mol. The first-order chi connectivity index (χ1) is 15.3. The molecule has 0 aromatic heterocycles. The summed E-state index contributed by atoms with van der Waals surface area (Å²) in [6, 6.07) is 15.0. The first-order valence-corrected chi connectivity index (χ1v) is 10.6. The van der Waals surface area contributed by atoms with Gasteiger partial charge in [-0.05, 0) is 18.6 Å². The number of para-hydroxylation sites is 1. The van der Waals surface area contributed by atoms with Gasteiger partial charge < -0.3 is 14.4 Å². The summed E-state index contributed by atoms with van der Waals surface area (Å²) in [5.41, 5.74) is 1.38. The Labute approximate surface area is 188 Å². The molecule has 0 N–H and O–H groups in total. The number of nitrogens with zero attached hydrogens (tertiary/aromatic N) is 2.